The van der Waals surface area contributed by atoms with Gasteiger partial charge in [-0.1, -0.05) is 26.0 Å². The van der Waals surface area contributed by atoms with Crippen LogP contribution in [0.5, 0.6) is 0 Å². The quantitative estimate of drug-likeness (QED) is 0.706. The van der Waals surface area contributed by atoms with E-state index in [0.29, 0.717) is 18.2 Å². The number of nitrogens with one attached hydrogen (secondary N) is 2. The predicted octanol–water partition coefficient (Wildman–Crippen LogP) is 1.38. The fraction of sp³-hybridized carbons (Fsp3) is 0.538. The highest BCUT2D eigenvalue weighted by Crippen LogP contribution is 2.23. The van der Waals surface area contributed by atoms with Crippen LogP contribution in [0.25, 0.3) is 0 Å². The summed E-state index contributed by atoms with van der Waals surface area (Å²) in [6, 6.07) is 7.04. The van der Waals surface area contributed by atoms with E-state index in [2.05, 4.69) is 23.9 Å². The summed E-state index contributed by atoms with van der Waals surface area (Å²) in [5.41, 5.74) is 6.22. The van der Waals surface area contributed by atoms with Crippen molar-refractivity contribution in [3.8, 4) is 0 Å². The van der Waals surface area contributed by atoms with Crippen molar-refractivity contribution in [2.45, 2.75) is 31.2 Å². The van der Waals surface area contributed by atoms with Crippen LogP contribution in [0.4, 0.5) is 5.69 Å². The van der Waals surface area contributed by atoms with E-state index in [0.717, 1.165) is 6.42 Å². The van der Waals surface area contributed by atoms with Crippen molar-refractivity contribution in [2.24, 2.45) is 11.7 Å². The summed E-state index contributed by atoms with van der Waals surface area (Å²) in [7, 11) is -2.05. The maximum absolute atomic E-state index is 12.0. The van der Waals surface area contributed by atoms with E-state index in [1.165, 1.54) is 7.05 Å². The van der Waals surface area contributed by atoms with Gasteiger partial charge in [-0.2, -0.15) is 0 Å². The molecule has 108 valence electrons. The first-order valence-corrected chi connectivity index (χ1v) is 7.90. The molecule has 0 heterocycles. The number of nitrogens with two attached hydrogens (primary N) is 1. The molecular formula is C13H23N3O2S. The zero-order chi connectivity index (χ0) is 14.5. The molecule has 1 rings (SSSR count). The van der Waals surface area contributed by atoms with Crippen molar-refractivity contribution in [1.29, 1.82) is 0 Å². The molecule has 0 fully saturated rings. The minimum atomic E-state index is -3.46. The zero-order valence-electron chi connectivity index (χ0n) is 11.7. The van der Waals surface area contributed by atoms with Crippen LogP contribution in [0.2, 0.25) is 0 Å². The van der Waals surface area contributed by atoms with Crippen LogP contribution < -0.4 is 15.8 Å². The largest absolute Gasteiger partial charge is 0.381 e. The molecule has 0 amide bonds. The molecule has 1 atom stereocenters. The molecule has 0 saturated heterocycles. The second-order valence-electron chi connectivity index (χ2n) is 4.78. The van der Waals surface area contributed by atoms with Gasteiger partial charge in [0.15, 0.2) is 0 Å². The van der Waals surface area contributed by atoms with Crippen LogP contribution in [0.15, 0.2) is 29.2 Å². The summed E-state index contributed by atoms with van der Waals surface area (Å²) in [5.74, 6) is 0.369. The number of sulfonamides is 1. The molecule has 1 aromatic rings. The first-order valence-electron chi connectivity index (χ1n) is 6.41. The van der Waals surface area contributed by atoms with E-state index >= 15 is 0 Å². The van der Waals surface area contributed by atoms with Crippen molar-refractivity contribution < 1.29 is 8.42 Å². The van der Waals surface area contributed by atoms with Gasteiger partial charge in [0.05, 0.1) is 5.69 Å². The van der Waals surface area contributed by atoms with E-state index in [9.17, 15) is 8.42 Å². The Hall–Kier alpha value is -1.11. The Morgan fingerprint density at radius 1 is 1.26 bits per heavy atom. The number of anilines is 1. The van der Waals surface area contributed by atoms with Crippen molar-refractivity contribution in [2.75, 3.05) is 18.9 Å². The minimum Gasteiger partial charge on any atom is -0.381 e. The van der Waals surface area contributed by atoms with Crippen LogP contribution in [0.1, 0.15) is 20.3 Å². The summed E-state index contributed by atoms with van der Waals surface area (Å²) in [5, 5.41) is 3.29. The summed E-state index contributed by atoms with van der Waals surface area (Å²) in [6.45, 7) is 4.74. The fourth-order valence-electron chi connectivity index (χ4n) is 1.88. The van der Waals surface area contributed by atoms with Crippen molar-refractivity contribution in [3.63, 3.8) is 0 Å². The lowest BCUT2D eigenvalue weighted by Crippen LogP contribution is -2.30. The molecule has 0 spiro atoms. The van der Waals surface area contributed by atoms with Gasteiger partial charge in [0, 0.05) is 6.04 Å². The molecule has 1 aromatic carbocycles. The molecule has 0 aliphatic carbocycles. The third-order valence-corrected chi connectivity index (χ3v) is 4.54. The third kappa shape index (κ3) is 4.19. The zero-order valence-corrected chi connectivity index (χ0v) is 12.5. The van der Waals surface area contributed by atoms with Gasteiger partial charge in [-0.3, -0.25) is 0 Å². The summed E-state index contributed by atoms with van der Waals surface area (Å²) < 4.78 is 26.3. The van der Waals surface area contributed by atoms with E-state index < -0.39 is 10.0 Å². The molecule has 6 heteroatoms. The number of para-hydroxylation sites is 1. The standard InChI is InChI=1S/C13H23N3O2S/c1-10(2)11(8-9-14)16-12-6-4-5-7-13(12)19(17,18)15-3/h4-7,10-11,15-16H,8-9,14H2,1-3H3. The van der Waals surface area contributed by atoms with Gasteiger partial charge in [0.2, 0.25) is 10.0 Å². The molecule has 0 radical (unpaired) electrons. The lowest BCUT2D eigenvalue weighted by Gasteiger charge is -2.24. The van der Waals surface area contributed by atoms with Gasteiger partial charge >= 0.3 is 0 Å². The maximum atomic E-state index is 12.0. The maximum Gasteiger partial charge on any atom is 0.242 e. The van der Waals surface area contributed by atoms with Gasteiger partial charge in [-0.25, -0.2) is 13.1 Å². The Balaban J connectivity index is 3.07. The van der Waals surface area contributed by atoms with E-state index in [-0.39, 0.29) is 10.9 Å². The number of hydrogen-bond acceptors (Lipinski definition) is 4. The molecule has 0 aliphatic rings. The van der Waals surface area contributed by atoms with Crippen LogP contribution >= 0.6 is 0 Å². The van der Waals surface area contributed by atoms with Crippen molar-refractivity contribution >= 4 is 15.7 Å². The van der Waals surface area contributed by atoms with Gasteiger partial charge in [-0.15, -0.1) is 0 Å². The Kier molecular flexibility index (Phi) is 5.78. The highest BCUT2D eigenvalue weighted by Gasteiger charge is 2.19. The Morgan fingerprint density at radius 3 is 2.42 bits per heavy atom. The minimum absolute atomic E-state index is 0.151. The molecule has 5 nitrogen and oxygen atoms in total. The summed E-state index contributed by atoms with van der Waals surface area (Å²) in [4.78, 5) is 0.264. The highest BCUT2D eigenvalue weighted by atomic mass is 32.2. The normalized spacial score (nSPS) is 13.5. The molecular weight excluding hydrogens is 262 g/mol. The molecule has 0 saturated carbocycles. The Bertz CT molecular complexity index is 500. The molecule has 0 aromatic heterocycles. The number of hydrogen-bond donors (Lipinski definition) is 3. The Labute approximate surface area is 115 Å². The summed E-state index contributed by atoms with van der Waals surface area (Å²) in [6.07, 6.45) is 0.797. The SMILES string of the molecule is CNS(=O)(=O)c1ccccc1NC(CCN)C(C)C. The van der Waals surface area contributed by atoms with Gasteiger partial charge < -0.3 is 11.1 Å². The molecule has 4 N–H and O–H groups in total. The second-order valence-corrected chi connectivity index (χ2v) is 6.63. The lowest BCUT2D eigenvalue weighted by atomic mass is 10.0. The third-order valence-electron chi connectivity index (χ3n) is 3.07. The first-order chi connectivity index (χ1) is 8.92. The van der Waals surface area contributed by atoms with Gasteiger partial charge in [0.1, 0.15) is 4.90 Å². The average molecular weight is 285 g/mol. The highest BCUT2D eigenvalue weighted by molar-refractivity contribution is 7.89. The molecule has 0 bridgehead atoms. The topological polar surface area (TPSA) is 84.2 Å². The van der Waals surface area contributed by atoms with Crippen LogP contribution in [0, 0.1) is 5.92 Å². The van der Waals surface area contributed by atoms with E-state index in [1.807, 2.05) is 6.07 Å². The van der Waals surface area contributed by atoms with Gasteiger partial charge in [0.25, 0.3) is 0 Å². The van der Waals surface area contributed by atoms with E-state index in [4.69, 9.17) is 5.73 Å². The van der Waals surface area contributed by atoms with E-state index in [1.54, 1.807) is 18.2 Å². The van der Waals surface area contributed by atoms with Crippen LogP contribution in [0.3, 0.4) is 0 Å². The number of rotatable bonds is 7. The molecule has 19 heavy (non-hydrogen) atoms. The van der Waals surface area contributed by atoms with Crippen molar-refractivity contribution in [1.82, 2.24) is 4.72 Å². The van der Waals surface area contributed by atoms with Crippen molar-refractivity contribution in [3.05, 3.63) is 24.3 Å². The van der Waals surface area contributed by atoms with Crippen LogP contribution in [-0.2, 0) is 10.0 Å². The van der Waals surface area contributed by atoms with Gasteiger partial charge in [-0.05, 0) is 38.1 Å². The molecule has 0 aliphatic heterocycles. The van der Waals surface area contributed by atoms with Crippen LogP contribution in [-0.4, -0.2) is 28.1 Å². The Morgan fingerprint density at radius 2 is 1.89 bits per heavy atom. The monoisotopic (exact) mass is 285 g/mol. The predicted molar refractivity (Wildman–Crippen MR) is 78.6 cm³/mol. The first kappa shape index (κ1) is 15.9. The fourth-order valence-corrected chi connectivity index (χ4v) is 2.78. The smallest absolute Gasteiger partial charge is 0.242 e. The summed E-state index contributed by atoms with van der Waals surface area (Å²) >= 11 is 0. The average Bonchev–Trinajstić information content (AvgIpc) is 2.38. The molecule has 1 unspecified atom stereocenters. The lowest BCUT2D eigenvalue weighted by molar-refractivity contribution is 0.497. The second kappa shape index (κ2) is 6.88. The number of benzene rings is 1.